The second kappa shape index (κ2) is 7.59. The van der Waals surface area contributed by atoms with Crippen LogP contribution in [0.5, 0.6) is 0 Å². The number of nitrogens with zero attached hydrogens (tertiary/aromatic N) is 2. The number of carbonyl (C=O) groups is 1. The number of para-hydroxylation sites is 1. The van der Waals surface area contributed by atoms with Gasteiger partial charge in [-0.1, -0.05) is 30.8 Å². The van der Waals surface area contributed by atoms with Crippen LogP contribution in [0.3, 0.4) is 0 Å². The highest BCUT2D eigenvalue weighted by molar-refractivity contribution is 8.15. The van der Waals surface area contributed by atoms with Crippen LogP contribution in [-0.4, -0.2) is 31.7 Å². The maximum Gasteiger partial charge on any atom is 0.286 e. The average molecular weight is 392 g/mol. The summed E-state index contributed by atoms with van der Waals surface area (Å²) in [5, 5.41) is 0.279. The maximum atomic E-state index is 13.0. The molecule has 5 nitrogen and oxygen atoms in total. The molecule has 0 spiro atoms. The molecule has 8 heteroatoms. The fraction of sp³-hybridized carbons (Fsp3) is 0.222. The van der Waals surface area contributed by atoms with Gasteiger partial charge < -0.3 is 4.90 Å². The van der Waals surface area contributed by atoms with Crippen LogP contribution in [0.2, 0.25) is 0 Å². The lowest BCUT2D eigenvalue weighted by Gasteiger charge is -2.29. The Balaban J connectivity index is 1.85. The smallest absolute Gasteiger partial charge is 0.286 e. The van der Waals surface area contributed by atoms with Crippen LogP contribution in [0.4, 0.5) is 10.1 Å². The summed E-state index contributed by atoms with van der Waals surface area (Å²) in [7, 11) is -3.80. The van der Waals surface area contributed by atoms with Crippen LogP contribution < -0.4 is 4.90 Å². The zero-order valence-corrected chi connectivity index (χ0v) is 15.7. The van der Waals surface area contributed by atoms with Crippen molar-refractivity contribution in [1.29, 1.82) is 0 Å². The minimum Gasteiger partial charge on any atom is -0.319 e. The number of thioether (sulfide) groups is 1. The molecule has 0 aliphatic carbocycles. The minimum absolute atomic E-state index is 0.0162. The molecule has 2 aromatic rings. The first-order chi connectivity index (χ1) is 12.4. The van der Waals surface area contributed by atoms with E-state index >= 15 is 0 Å². The van der Waals surface area contributed by atoms with E-state index in [0.717, 1.165) is 18.2 Å². The molecule has 0 unspecified atom stereocenters. The van der Waals surface area contributed by atoms with Gasteiger partial charge in [-0.05, 0) is 42.8 Å². The van der Waals surface area contributed by atoms with E-state index in [4.69, 9.17) is 0 Å². The van der Waals surface area contributed by atoms with E-state index in [1.54, 1.807) is 18.2 Å². The topological polar surface area (TPSA) is 66.8 Å². The first kappa shape index (κ1) is 18.6. The van der Waals surface area contributed by atoms with Crippen molar-refractivity contribution in [3.05, 3.63) is 59.9 Å². The Labute approximate surface area is 156 Å². The van der Waals surface area contributed by atoms with Crippen molar-refractivity contribution in [2.24, 2.45) is 4.40 Å². The number of benzene rings is 2. The number of sulfonamides is 1. The van der Waals surface area contributed by atoms with E-state index in [1.807, 2.05) is 11.8 Å². The zero-order chi connectivity index (χ0) is 18.7. The van der Waals surface area contributed by atoms with Crippen molar-refractivity contribution in [3.8, 4) is 0 Å². The molecule has 0 bridgehead atoms. The highest BCUT2D eigenvalue weighted by Gasteiger charge is 2.30. The molecule has 0 radical (unpaired) electrons. The molecular weight excluding hydrogens is 375 g/mol. The summed E-state index contributed by atoms with van der Waals surface area (Å²) in [6, 6.07) is 12.0. The van der Waals surface area contributed by atoms with Crippen molar-refractivity contribution in [2.45, 2.75) is 18.2 Å². The summed E-state index contributed by atoms with van der Waals surface area (Å²) >= 11 is 1.07. The summed E-state index contributed by atoms with van der Waals surface area (Å²) in [4.78, 5) is 14.3. The lowest BCUT2D eigenvalue weighted by molar-refractivity contribution is 0.102. The summed E-state index contributed by atoms with van der Waals surface area (Å²) in [6.07, 6.45) is 0.792. The number of halogens is 1. The summed E-state index contributed by atoms with van der Waals surface area (Å²) in [5.74, 6) is -0.615. The predicted octanol–water partition coefficient (Wildman–Crippen LogP) is 3.72. The van der Waals surface area contributed by atoms with Crippen molar-refractivity contribution in [2.75, 3.05) is 17.2 Å². The van der Waals surface area contributed by atoms with E-state index in [1.165, 1.54) is 30.3 Å². The Bertz CT molecular complexity index is 957. The molecule has 0 saturated carbocycles. The van der Waals surface area contributed by atoms with Gasteiger partial charge in [0.05, 0.1) is 11.4 Å². The average Bonchev–Trinajstić information content (AvgIpc) is 2.63. The molecule has 136 valence electrons. The third-order valence-electron chi connectivity index (χ3n) is 3.81. The van der Waals surface area contributed by atoms with Crippen LogP contribution in [0.25, 0.3) is 0 Å². The van der Waals surface area contributed by atoms with Crippen molar-refractivity contribution in [3.63, 3.8) is 0 Å². The van der Waals surface area contributed by atoms with Crippen LogP contribution in [0.15, 0.2) is 57.8 Å². The van der Waals surface area contributed by atoms with E-state index in [9.17, 15) is 17.6 Å². The predicted molar refractivity (Wildman–Crippen MR) is 102 cm³/mol. The molecule has 0 aromatic heterocycles. The van der Waals surface area contributed by atoms with Gasteiger partial charge in [-0.2, -0.15) is 8.42 Å². The molecule has 0 atom stereocenters. The maximum absolute atomic E-state index is 13.0. The Morgan fingerprint density at radius 3 is 2.54 bits per heavy atom. The molecule has 0 fully saturated rings. The molecule has 26 heavy (non-hydrogen) atoms. The fourth-order valence-corrected chi connectivity index (χ4v) is 4.97. The summed E-state index contributed by atoms with van der Waals surface area (Å²) in [5.41, 5.74) is 0.946. The molecule has 1 aliphatic rings. The van der Waals surface area contributed by atoms with E-state index < -0.39 is 15.8 Å². The van der Waals surface area contributed by atoms with Gasteiger partial charge in [0, 0.05) is 12.1 Å². The van der Waals surface area contributed by atoms with E-state index in [0.29, 0.717) is 17.8 Å². The number of anilines is 1. The number of hydrogen-bond acceptors (Lipinski definition) is 5. The normalized spacial score (nSPS) is 15.3. The molecule has 1 aliphatic heterocycles. The van der Waals surface area contributed by atoms with Crippen molar-refractivity contribution >= 4 is 38.4 Å². The van der Waals surface area contributed by atoms with Crippen LogP contribution in [-0.2, 0) is 10.0 Å². The number of carbonyl (C=O) groups excluding carboxylic acids is 1. The number of hydrogen-bond donors (Lipinski definition) is 0. The SMILES string of the molecule is CCCN1C(SCC(=O)c2ccc(F)cc2)=NS(=O)(=O)c2ccccc21. The second-order valence-corrected chi connectivity index (χ2v) is 8.20. The van der Waals surface area contributed by atoms with Gasteiger partial charge in [-0.3, -0.25) is 4.79 Å². The quantitative estimate of drug-likeness (QED) is 0.726. The summed E-state index contributed by atoms with van der Waals surface area (Å²) in [6.45, 7) is 2.57. The molecule has 0 N–H and O–H groups in total. The zero-order valence-electron chi connectivity index (χ0n) is 14.1. The number of rotatable bonds is 5. The van der Waals surface area contributed by atoms with Crippen LogP contribution in [0, 0.1) is 5.82 Å². The molecule has 3 rings (SSSR count). The minimum atomic E-state index is -3.80. The van der Waals surface area contributed by atoms with Gasteiger partial charge in [-0.25, -0.2) is 4.39 Å². The summed E-state index contributed by atoms with van der Waals surface area (Å²) < 4.78 is 41.7. The highest BCUT2D eigenvalue weighted by Crippen LogP contribution is 2.34. The monoisotopic (exact) mass is 392 g/mol. The number of Topliss-reactive ketones (excluding diaryl/α,β-unsaturated/α-hetero) is 1. The Morgan fingerprint density at radius 2 is 1.85 bits per heavy atom. The number of fused-ring (bicyclic) bond motifs is 1. The van der Waals surface area contributed by atoms with E-state index in [-0.39, 0.29) is 21.6 Å². The van der Waals surface area contributed by atoms with Crippen molar-refractivity contribution < 1.29 is 17.6 Å². The largest absolute Gasteiger partial charge is 0.319 e. The molecular formula is C18H17FN2O3S2. The van der Waals surface area contributed by atoms with Gasteiger partial charge in [0.1, 0.15) is 10.7 Å². The highest BCUT2D eigenvalue weighted by atomic mass is 32.2. The third kappa shape index (κ3) is 3.81. The number of ketones is 1. The number of amidine groups is 1. The van der Waals surface area contributed by atoms with Crippen LogP contribution in [0.1, 0.15) is 23.7 Å². The lowest BCUT2D eigenvalue weighted by atomic mass is 10.1. The van der Waals surface area contributed by atoms with Gasteiger partial charge >= 0.3 is 0 Å². The Hall–Kier alpha value is -2.19. The molecule has 0 amide bonds. The lowest BCUT2D eigenvalue weighted by Crippen LogP contribution is -2.35. The Kier molecular flexibility index (Phi) is 5.43. The first-order valence-electron chi connectivity index (χ1n) is 8.05. The Morgan fingerprint density at radius 1 is 1.15 bits per heavy atom. The van der Waals surface area contributed by atoms with Gasteiger partial charge in [0.15, 0.2) is 11.0 Å². The van der Waals surface area contributed by atoms with E-state index in [2.05, 4.69) is 4.40 Å². The van der Waals surface area contributed by atoms with Gasteiger partial charge in [-0.15, -0.1) is 4.40 Å². The molecule has 0 saturated heterocycles. The molecule has 2 aromatic carbocycles. The van der Waals surface area contributed by atoms with Crippen LogP contribution >= 0.6 is 11.8 Å². The third-order valence-corrected chi connectivity index (χ3v) is 6.22. The van der Waals surface area contributed by atoms with Gasteiger partial charge in [0.2, 0.25) is 0 Å². The van der Waals surface area contributed by atoms with Crippen molar-refractivity contribution in [1.82, 2.24) is 0 Å². The fourth-order valence-electron chi connectivity index (χ4n) is 2.60. The first-order valence-corrected chi connectivity index (χ1v) is 10.5. The van der Waals surface area contributed by atoms with Gasteiger partial charge in [0.25, 0.3) is 10.0 Å². The molecule has 1 heterocycles. The standard InChI is InChI=1S/C18H17FN2O3S2/c1-2-11-21-15-5-3-4-6-17(15)26(23,24)20-18(21)25-12-16(22)13-7-9-14(19)10-8-13/h3-10H,2,11-12H2,1H3. The second-order valence-electron chi connectivity index (χ2n) is 5.69.